The van der Waals surface area contributed by atoms with E-state index in [1.54, 1.807) is 4.90 Å². The van der Waals surface area contributed by atoms with Crippen molar-refractivity contribution in [3.8, 4) is 0 Å². The minimum Gasteiger partial charge on any atom is -0.369 e. The van der Waals surface area contributed by atoms with Gasteiger partial charge in [-0.2, -0.15) is 0 Å². The largest absolute Gasteiger partial charge is 0.369 e. The number of hydrogen-bond acceptors (Lipinski definition) is 3. The summed E-state index contributed by atoms with van der Waals surface area (Å²) in [6.07, 6.45) is 1.88. The van der Waals surface area contributed by atoms with Crippen LogP contribution >= 0.6 is 0 Å². The van der Waals surface area contributed by atoms with Crippen molar-refractivity contribution in [3.05, 3.63) is 0 Å². The van der Waals surface area contributed by atoms with Gasteiger partial charge in [0.1, 0.15) is 0 Å². The van der Waals surface area contributed by atoms with E-state index in [1.807, 2.05) is 13.8 Å². The van der Waals surface area contributed by atoms with E-state index in [1.165, 1.54) is 0 Å². The maximum atomic E-state index is 12.1. The first-order valence-electron chi connectivity index (χ1n) is 5.82. The molecule has 1 saturated heterocycles. The average molecular weight is 227 g/mol. The number of amides is 2. The minimum absolute atomic E-state index is 0.0544. The van der Waals surface area contributed by atoms with Crippen LogP contribution in [0.4, 0.5) is 0 Å². The van der Waals surface area contributed by atoms with Crippen molar-refractivity contribution in [2.24, 2.45) is 17.4 Å². The zero-order valence-electron chi connectivity index (χ0n) is 10.0. The fourth-order valence-electron chi connectivity index (χ4n) is 2.04. The molecule has 5 heteroatoms. The Morgan fingerprint density at radius 1 is 1.38 bits per heavy atom. The SMILES string of the molecule is CCC(N)(CC)C(=O)N1CCC(C(N)=O)C1. The average Bonchev–Trinajstić information content (AvgIpc) is 2.76. The molecule has 0 aromatic heterocycles. The van der Waals surface area contributed by atoms with Crippen LogP contribution in [0.25, 0.3) is 0 Å². The molecular weight excluding hydrogens is 206 g/mol. The molecule has 2 amide bonds. The van der Waals surface area contributed by atoms with E-state index >= 15 is 0 Å². The zero-order chi connectivity index (χ0) is 12.3. The number of hydrogen-bond donors (Lipinski definition) is 2. The van der Waals surface area contributed by atoms with Gasteiger partial charge < -0.3 is 16.4 Å². The van der Waals surface area contributed by atoms with Crippen LogP contribution in [0.2, 0.25) is 0 Å². The number of likely N-dealkylation sites (tertiary alicyclic amines) is 1. The lowest BCUT2D eigenvalue weighted by Crippen LogP contribution is -2.54. The summed E-state index contributed by atoms with van der Waals surface area (Å²) in [7, 11) is 0. The van der Waals surface area contributed by atoms with Gasteiger partial charge in [-0.15, -0.1) is 0 Å². The predicted octanol–water partition coefficient (Wildman–Crippen LogP) is -0.162. The van der Waals surface area contributed by atoms with E-state index in [4.69, 9.17) is 11.5 Å². The smallest absolute Gasteiger partial charge is 0.242 e. The second-order valence-corrected chi connectivity index (χ2v) is 4.50. The van der Waals surface area contributed by atoms with Gasteiger partial charge >= 0.3 is 0 Å². The summed E-state index contributed by atoms with van der Waals surface area (Å²) in [6.45, 7) is 4.82. The first kappa shape index (κ1) is 13.0. The summed E-state index contributed by atoms with van der Waals surface area (Å²) in [5.74, 6) is -0.589. The first-order chi connectivity index (χ1) is 7.44. The van der Waals surface area contributed by atoms with E-state index in [9.17, 15) is 9.59 Å². The van der Waals surface area contributed by atoms with Crippen LogP contribution in [0.15, 0.2) is 0 Å². The number of rotatable bonds is 4. The van der Waals surface area contributed by atoms with Gasteiger partial charge in [-0.3, -0.25) is 9.59 Å². The quantitative estimate of drug-likeness (QED) is 0.699. The van der Waals surface area contributed by atoms with Crippen LogP contribution in [0.3, 0.4) is 0 Å². The Kier molecular flexibility index (Phi) is 3.91. The molecule has 0 aromatic rings. The van der Waals surface area contributed by atoms with Crippen molar-refractivity contribution in [1.29, 1.82) is 0 Å². The molecule has 1 fully saturated rings. The number of nitrogens with two attached hydrogens (primary N) is 2. The summed E-state index contributed by atoms with van der Waals surface area (Å²) in [5, 5.41) is 0. The molecule has 0 radical (unpaired) electrons. The van der Waals surface area contributed by atoms with E-state index in [2.05, 4.69) is 0 Å². The molecule has 16 heavy (non-hydrogen) atoms. The lowest BCUT2D eigenvalue weighted by molar-refractivity contribution is -0.136. The van der Waals surface area contributed by atoms with Crippen LogP contribution in [-0.4, -0.2) is 35.3 Å². The Hall–Kier alpha value is -1.10. The Balaban J connectivity index is 2.67. The van der Waals surface area contributed by atoms with Crippen molar-refractivity contribution in [2.45, 2.75) is 38.6 Å². The van der Waals surface area contributed by atoms with Crippen molar-refractivity contribution in [1.82, 2.24) is 4.90 Å². The molecular formula is C11H21N3O2. The molecule has 0 spiro atoms. The lowest BCUT2D eigenvalue weighted by atomic mass is 9.92. The molecule has 5 nitrogen and oxygen atoms in total. The molecule has 92 valence electrons. The highest BCUT2D eigenvalue weighted by atomic mass is 16.2. The maximum Gasteiger partial charge on any atom is 0.242 e. The van der Waals surface area contributed by atoms with Gasteiger partial charge in [0.15, 0.2) is 0 Å². The fraction of sp³-hybridized carbons (Fsp3) is 0.818. The predicted molar refractivity (Wildman–Crippen MR) is 61.4 cm³/mol. The van der Waals surface area contributed by atoms with E-state index in [0.29, 0.717) is 32.4 Å². The standard InChI is InChI=1S/C11H21N3O2/c1-3-11(13,4-2)10(16)14-6-5-8(7-14)9(12)15/h8H,3-7,13H2,1-2H3,(H2,12,15). The van der Waals surface area contributed by atoms with E-state index in [0.717, 1.165) is 0 Å². The monoisotopic (exact) mass is 227 g/mol. The Morgan fingerprint density at radius 3 is 2.31 bits per heavy atom. The molecule has 0 bridgehead atoms. The second kappa shape index (κ2) is 4.82. The first-order valence-corrected chi connectivity index (χ1v) is 5.82. The zero-order valence-corrected chi connectivity index (χ0v) is 10.0. The maximum absolute atomic E-state index is 12.1. The summed E-state index contributed by atoms with van der Waals surface area (Å²) in [6, 6.07) is 0. The normalized spacial score (nSPS) is 21.2. The molecule has 4 N–H and O–H groups in total. The van der Waals surface area contributed by atoms with Gasteiger partial charge in [-0.05, 0) is 19.3 Å². The summed E-state index contributed by atoms with van der Waals surface area (Å²) < 4.78 is 0. The molecule has 1 heterocycles. The van der Waals surface area contributed by atoms with Gasteiger partial charge in [0.25, 0.3) is 0 Å². The van der Waals surface area contributed by atoms with Crippen LogP contribution in [-0.2, 0) is 9.59 Å². The fourth-order valence-corrected chi connectivity index (χ4v) is 2.04. The highest BCUT2D eigenvalue weighted by molar-refractivity contribution is 5.87. The van der Waals surface area contributed by atoms with Crippen molar-refractivity contribution in [3.63, 3.8) is 0 Å². The third kappa shape index (κ3) is 2.35. The van der Waals surface area contributed by atoms with Gasteiger partial charge in [-0.25, -0.2) is 0 Å². The van der Waals surface area contributed by atoms with Gasteiger partial charge in [-0.1, -0.05) is 13.8 Å². The molecule has 0 aromatic carbocycles. The highest BCUT2D eigenvalue weighted by Crippen LogP contribution is 2.22. The van der Waals surface area contributed by atoms with E-state index < -0.39 is 5.54 Å². The van der Waals surface area contributed by atoms with Crippen LogP contribution < -0.4 is 11.5 Å². The van der Waals surface area contributed by atoms with Gasteiger partial charge in [0, 0.05) is 13.1 Å². The lowest BCUT2D eigenvalue weighted by Gasteiger charge is -2.30. The molecule has 1 atom stereocenters. The topological polar surface area (TPSA) is 89.4 Å². The van der Waals surface area contributed by atoms with Crippen molar-refractivity contribution >= 4 is 11.8 Å². The second-order valence-electron chi connectivity index (χ2n) is 4.50. The Bertz CT molecular complexity index is 287. The third-order valence-corrected chi connectivity index (χ3v) is 3.57. The molecule has 0 saturated carbocycles. The summed E-state index contributed by atoms with van der Waals surface area (Å²) in [5.41, 5.74) is 10.5. The van der Waals surface area contributed by atoms with Crippen molar-refractivity contribution in [2.75, 3.05) is 13.1 Å². The molecule has 1 aliphatic heterocycles. The molecule has 1 aliphatic rings. The third-order valence-electron chi connectivity index (χ3n) is 3.57. The Labute approximate surface area is 96.1 Å². The molecule has 1 rings (SSSR count). The number of carbonyl (C=O) groups is 2. The Morgan fingerprint density at radius 2 is 1.94 bits per heavy atom. The number of carbonyl (C=O) groups excluding carboxylic acids is 2. The number of primary amides is 1. The van der Waals surface area contributed by atoms with Gasteiger partial charge in [0.2, 0.25) is 11.8 Å². The molecule has 0 aliphatic carbocycles. The van der Waals surface area contributed by atoms with E-state index in [-0.39, 0.29) is 17.7 Å². The molecule has 1 unspecified atom stereocenters. The van der Waals surface area contributed by atoms with Gasteiger partial charge in [0.05, 0.1) is 11.5 Å². The summed E-state index contributed by atoms with van der Waals surface area (Å²) >= 11 is 0. The van der Waals surface area contributed by atoms with Crippen LogP contribution in [0.5, 0.6) is 0 Å². The van der Waals surface area contributed by atoms with Crippen LogP contribution in [0.1, 0.15) is 33.1 Å². The number of nitrogens with zero attached hydrogens (tertiary/aromatic N) is 1. The minimum atomic E-state index is -0.785. The van der Waals surface area contributed by atoms with Crippen LogP contribution in [0, 0.1) is 5.92 Å². The summed E-state index contributed by atoms with van der Waals surface area (Å²) in [4.78, 5) is 24.8. The van der Waals surface area contributed by atoms with Crippen molar-refractivity contribution < 1.29 is 9.59 Å². The highest BCUT2D eigenvalue weighted by Gasteiger charge is 2.38.